The molecule has 0 unspecified atom stereocenters. The van der Waals surface area contributed by atoms with Gasteiger partial charge >= 0.3 is 0 Å². The first-order valence-corrected chi connectivity index (χ1v) is 11.9. The third kappa shape index (κ3) is 5.15. The highest BCUT2D eigenvalue weighted by Crippen LogP contribution is 2.27. The molecule has 4 aromatic carbocycles. The zero-order valence-corrected chi connectivity index (χ0v) is 20.5. The highest BCUT2D eigenvalue weighted by Gasteiger charge is 2.23. The summed E-state index contributed by atoms with van der Waals surface area (Å²) in [6.07, 6.45) is 0. The van der Waals surface area contributed by atoms with Gasteiger partial charge < -0.3 is 10.1 Å². The minimum atomic E-state index is -0.466. The van der Waals surface area contributed by atoms with Gasteiger partial charge in [0, 0.05) is 17.7 Å². The molecular weight excluding hydrogens is 480 g/mol. The Morgan fingerprint density at radius 1 is 0.868 bits per heavy atom. The number of rotatable bonds is 8. The monoisotopic (exact) mass is 504 g/mol. The van der Waals surface area contributed by atoms with Gasteiger partial charge in [0.1, 0.15) is 11.4 Å². The molecule has 0 aliphatic heterocycles. The normalized spacial score (nSPS) is 10.8. The van der Waals surface area contributed by atoms with Crippen LogP contribution in [0.15, 0.2) is 115 Å². The summed E-state index contributed by atoms with van der Waals surface area (Å²) in [7, 11) is 1.58. The molecule has 0 bridgehead atoms. The van der Waals surface area contributed by atoms with E-state index in [4.69, 9.17) is 9.84 Å². The molecule has 8 heteroatoms. The van der Waals surface area contributed by atoms with Crippen LogP contribution in [0.2, 0.25) is 0 Å². The second-order valence-corrected chi connectivity index (χ2v) is 8.56. The summed E-state index contributed by atoms with van der Waals surface area (Å²) >= 11 is 0. The van der Waals surface area contributed by atoms with E-state index in [-0.39, 0.29) is 17.3 Å². The number of nitro groups is 1. The van der Waals surface area contributed by atoms with E-state index in [2.05, 4.69) is 5.32 Å². The molecule has 188 valence electrons. The van der Waals surface area contributed by atoms with Crippen LogP contribution in [0.3, 0.4) is 0 Å². The number of nitrogens with one attached hydrogen (secondary N) is 1. The summed E-state index contributed by atoms with van der Waals surface area (Å²) in [5.74, 6) is 0.314. The number of methoxy groups -OCH3 is 1. The molecule has 1 amide bonds. The van der Waals surface area contributed by atoms with Crippen molar-refractivity contribution in [2.45, 2.75) is 6.04 Å². The third-order valence-electron chi connectivity index (χ3n) is 6.15. The van der Waals surface area contributed by atoms with Gasteiger partial charge in [0.2, 0.25) is 0 Å². The maximum atomic E-state index is 13.8. The Hall–Kier alpha value is -5.24. The minimum absolute atomic E-state index is 0.0480. The number of ether oxygens (including phenoxy) is 1. The number of nitro benzene ring substituents is 1. The molecule has 0 saturated heterocycles. The lowest BCUT2D eigenvalue weighted by Crippen LogP contribution is -2.31. The van der Waals surface area contributed by atoms with Crippen LogP contribution in [-0.4, -0.2) is 27.7 Å². The van der Waals surface area contributed by atoms with Crippen LogP contribution in [0, 0.1) is 10.1 Å². The van der Waals surface area contributed by atoms with Crippen LogP contribution in [-0.2, 0) is 0 Å². The number of hydrogen-bond donors (Lipinski definition) is 1. The van der Waals surface area contributed by atoms with Gasteiger partial charge in [-0.1, -0.05) is 72.8 Å². The number of amides is 1. The molecule has 1 N–H and O–H groups in total. The van der Waals surface area contributed by atoms with Crippen molar-refractivity contribution in [2.24, 2.45) is 0 Å². The Labute approximate surface area is 219 Å². The van der Waals surface area contributed by atoms with Crippen molar-refractivity contribution in [3.63, 3.8) is 0 Å². The molecule has 8 nitrogen and oxygen atoms in total. The average molecular weight is 505 g/mol. The molecular formula is C30H24N4O4. The van der Waals surface area contributed by atoms with Gasteiger partial charge in [-0.3, -0.25) is 14.9 Å². The molecule has 0 atom stereocenters. The third-order valence-corrected chi connectivity index (χ3v) is 6.15. The van der Waals surface area contributed by atoms with Crippen LogP contribution in [0.1, 0.15) is 27.7 Å². The summed E-state index contributed by atoms with van der Waals surface area (Å²) in [6, 6.07) is 34.1. The van der Waals surface area contributed by atoms with Gasteiger partial charge in [-0.2, -0.15) is 5.10 Å². The molecule has 0 spiro atoms. The van der Waals surface area contributed by atoms with Crippen LogP contribution in [0.5, 0.6) is 5.75 Å². The van der Waals surface area contributed by atoms with Crippen molar-refractivity contribution in [3.05, 3.63) is 142 Å². The molecule has 5 rings (SSSR count). The zero-order valence-electron chi connectivity index (χ0n) is 20.5. The fourth-order valence-corrected chi connectivity index (χ4v) is 4.23. The minimum Gasteiger partial charge on any atom is -0.497 e. The molecule has 0 fully saturated rings. The molecule has 38 heavy (non-hydrogen) atoms. The largest absolute Gasteiger partial charge is 0.497 e. The lowest BCUT2D eigenvalue weighted by atomic mass is 9.98. The van der Waals surface area contributed by atoms with Gasteiger partial charge in [0.05, 0.1) is 29.5 Å². The molecule has 1 aromatic heterocycles. The maximum absolute atomic E-state index is 13.8. The standard InChI is InChI=1S/C30H24N4O4/c1-38-26-14-8-13-23(19-26)27-20-28(33(32-27)24-15-17-25(18-16-24)34(36)37)30(35)31-29(21-9-4-2-5-10-21)22-11-6-3-7-12-22/h2-20,29H,1H3,(H,31,35). The van der Waals surface area contributed by atoms with E-state index < -0.39 is 11.0 Å². The van der Waals surface area contributed by atoms with E-state index >= 15 is 0 Å². The Morgan fingerprint density at radius 2 is 1.50 bits per heavy atom. The summed E-state index contributed by atoms with van der Waals surface area (Å²) in [5, 5.41) is 19.0. The van der Waals surface area contributed by atoms with Crippen molar-refractivity contribution in [1.29, 1.82) is 0 Å². The smallest absolute Gasteiger partial charge is 0.270 e. The Bertz CT molecular complexity index is 1530. The van der Waals surface area contributed by atoms with Crippen molar-refractivity contribution in [2.75, 3.05) is 7.11 Å². The summed E-state index contributed by atoms with van der Waals surface area (Å²) in [6.45, 7) is 0. The molecule has 1 heterocycles. The van der Waals surface area contributed by atoms with Crippen molar-refractivity contribution < 1.29 is 14.5 Å². The SMILES string of the molecule is COc1cccc(-c2cc(C(=O)NC(c3ccccc3)c3ccccc3)n(-c3ccc([N+](=O)[O-])cc3)n2)c1. The fourth-order valence-electron chi connectivity index (χ4n) is 4.23. The number of benzene rings is 4. The van der Waals surface area contributed by atoms with E-state index in [1.54, 1.807) is 25.3 Å². The van der Waals surface area contributed by atoms with Gasteiger partial charge in [-0.05, 0) is 41.5 Å². The lowest BCUT2D eigenvalue weighted by molar-refractivity contribution is -0.384. The van der Waals surface area contributed by atoms with Gasteiger partial charge in [-0.25, -0.2) is 4.68 Å². The average Bonchev–Trinajstić information content (AvgIpc) is 3.43. The van der Waals surface area contributed by atoms with Crippen LogP contribution < -0.4 is 10.1 Å². The predicted octanol–water partition coefficient (Wildman–Crippen LogP) is 5.98. The summed E-state index contributed by atoms with van der Waals surface area (Å²) < 4.78 is 6.85. The number of non-ortho nitro benzene ring substituents is 1. The fraction of sp³-hybridized carbons (Fsp3) is 0.0667. The van der Waals surface area contributed by atoms with Crippen LogP contribution in [0.4, 0.5) is 5.69 Å². The molecule has 0 aliphatic carbocycles. The lowest BCUT2D eigenvalue weighted by Gasteiger charge is -2.20. The molecule has 0 aliphatic rings. The highest BCUT2D eigenvalue weighted by atomic mass is 16.6. The number of hydrogen-bond acceptors (Lipinski definition) is 5. The van der Waals surface area contributed by atoms with Crippen molar-refractivity contribution in [1.82, 2.24) is 15.1 Å². The zero-order chi connectivity index (χ0) is 26.5. The number of nitrogens with zero attached hydrogens (tertiary/aromatic N) is 3. The number of carbonyl (C=O) groups is 1. The van der Waals surface area contributed by atoms with E-state index in [9.17, 15) is 14.9 Å². The molecule has 0 radical (unpaired) electrons. The van der Waals surface area contributed by atoms with E-state index in [1.165, 1.54) is 16.8 Å². The Balaban J connectivity index is 1.58. The Morgan fingerprint density at radius 3 is 2.08 bits per heavy atom. The van der Waals surface area contributed by atoms with E-state index in [0.29, 0.717) is 17.1 Å². The summed E-state index contributed by atoms with van der Waals surface area (Å²) in [5.41, 5.74) is 3.94. The second-order valence-electron chi connectivity index (χ2n) is 8.56. The quantitative estimate of drug-likeness (QED) is 0.207. The van der Waals surface area contributed by atoms with Gasteiger partial charge in [0.15, 0.2) is 0 Å². The number of carbonyl (C=O) groups excluding carboxylic acids is 1. The van der Waals surface area contributed by atoms with Crippen LogP contribution in [0.25, 0.3) is 16.9 Å². The first-order valence-electron chi connectivity index (χ1n) is 11.9. The van der Waals surface area contributed by atoms with Gasteiger partial charge in [0.25, 0.3) is 11.6 Å². The van der Waals surface area contributed by atoms with E-state index in [1.807, 2.05) is 84.9 Å². The van der Waals surface area contributed by atoms with Crippen molar-refractivity contribution >= 4 is 11.6 Å². The topological polar surface area (TPSA) is 99.3 Å². The first-order chi connectivity index (χ1) is 18.5. The predicted molar refractivity (Wildman–Crippen MR) is 144 cm³/mol. The maximum Gasteiger partial charge on any atom is 0.270 e. The molecule has 0 saturated carbocycles. The first kappa shape index (κ1) is 24.5. The molecule has 5 aromatic rings. The van der Waals surface area contributed by atoms with Crippen LogP contribution >= 0.6 is 0 Å². The Kier molecular flexibility index (Phi) is 6.95. The summed E-state index contributed by atoms with van der Waals surface area (Å²) in [4.78, 5) is 24.5. The van der Waals surface area contributed by atoms with Gasteiger partial charge in [-0.15, -0.1) is 0 Å². The van der Waals surface area contributed by atoms with Crippen molar-refractivity contribution in [3.8, 4) is 22.7 Å². The number of aromatic nitrogens is 2. The van der Waals surface area contributed by atoms with E-state index in [0.717, 1.165) is 16.7 Å². The highest BCUT2D eigenvalue weighted by molar-refractivity contribution is 5.95. The second kappa shape index (κ2) is 10.8.